The number of likely N-dealkylation sites (tertiary alicyclic amines) is 1. The number of carbonyl (C=O) groups is 2. The molecule has 1 aliphatic heterocycles. The summed E-state index contributed by atoms with van der Waals surface area (Å²) < 4.78 is 0. The summed E-state index contributed by atoms with van der Waals surface area (Å²) in [6.07, 6.45) is 1.88. The van der Waals surface area contributed by atoms with E-state index in [2.05, 4.69) is 45.1 Å². The van der Waals surface area contributed by atoms with E-state index < -0.39 is 0 Å². The van der Waals surface area contributed by atoms with Crippen molar-refractivity contribution in [2.24, 2.45) is 0 Å². The number of anilines is 2. The second-order valence-corrected chi connectivity index (χ2v) is 8.70. The lowest BCUT2D eigenvalue weighted by Crippen LogP contribution is -2.44. The zero-order valence-corrected chi connectivity index (χ0v) is 18.0. The summed E-state index contributed by atoms with van der Waals surface area (Å²) >= 11 is 1.28. The largest absolute Gasteiger partial charge is 0.349 e. The third-order valence-corrected chi connectivity index (χ3v) is 6.27. The number of urea groups is 1. The molecular formula is C24H26N4O2S. The fraction of sp³-hybridized carbons (Fsp3) is 0.250. The molecule has 4 rings (SSSR count). The third kappa shape index (κ3) is 6.16. The Labute approximate surface area is 186 Å². The molecule has 1 saturated heterocycles. The highest BCUT2D eigenvalue weighted by atomic mass is 32.1. The number of thiophene rings is 1. The normalized spacial score (nSPS) is 14.7. The van der Waals surface area contributed by atoms with Crippen LogP contribution < -0.4 is 16.0 Å². The van der Waals surface area contributed by atoms with Gasteiger partial charge in [0.15, 0.2) is 0 Å². The Balaban J connectivity index is 1.22. The van der Waals surface area contributed by atoms with E-state index >= 15 is 0 Å². The summed E-state index contributed by atoms with van der Waals surface area (Å²) in [7, 11) is 0. The molecule has 0 radical (unpaired) electrons. The van der Waals surface area contributed by atoms with Crippen LogP contribution in [0.5, 0.6) is 0 Å². The summed E-state index contributed by atoms with van der Waals surface area (Å²) in [6, 6.07) is 23.1. The first-order chi connectivity index (χ1) is 15.2. The average Bonchev–Trinajstić information content (AvgIpc) is 3.25. The molecule has 2 aromatic carbocycles. The second kappa shape index (κ2) is 10.2. The molecule has 0 atom stereocenters. The number of rotatable bonds is 6. The van der Waals surface area contributed by atoms with Gasteiger partial charge in [0, 0.05) is 31.4 Å². The molecule has 7 heteroatoms. The zero-order valence-electron chi connectivity index (χ0n) is 17.2. The molecule has 1 aliphatic rings. The van der Waals surface area contributed by atoms with Crippen LogP contribution in [0.3, 0.4) is 0 Å². The maximum absolute atomic E-state index is 12.6. The van der Waals surface area contributed by atoms with Gasteiger partial charge in [0.05, 0.1) is 9.88 Å². The molecular weight excluding hydrogens is 408 g/mol. The van der Waals surface area contributed by atoms with Crippen molar-refractivity contribution in [2.75, 3.05) is 23.7 Å². The highest BCUT2D eigenvalue weighted by molar-refractivity contribution is 7.18. The Kier molecular flexibility index (Phi) is 6.96. The van der Waals surface area contributed by atoms with Gasteiger partial charge >= 0.3 is 6.03 Å². The van der Waals surface area contributed by atoms with Crippen molar-refractivity contribution in [3.05, 3.63) is 83.2 Å². The van der Waals surface area contributed by atoms with Crippen molar-refractivity contribution >= 4 is 34.0 Å². The minimum Gasteiger partial charge on any atom is -0.349 e. The summed E-state index contributed by atoms with van der Waals surface area (Å²) in [5.41, 5.74) is 2.04. The molecule has 2 heterocycles. The fourth-order valence-corrected chi connectivity index (χ4v) is 4.46. The maximum atomic E-state index is 12.6. The summed E-state index contributed by atoms with van der Waals surface area (Å²) in [5.74, 6) is -0.0805. The number of piperidine rings is 1. The second-order valence-electron chi connectivity index (χ2n) is 7.62. The van der Waals surface area contributed by atoms with Crippen LogP contribution in [0.15, 0.2) is 72.8 Å². The van der Waals surface area contributed by atoms with Gasteiger partial charge < -0.3 is 10.6 Å². The van der Waals surface area contributed by atoms with Gasteiger partial charge in [0.25, 0.3) is 5.91 Å². The quantitative estimate of drug-likeness (QED) is 0.522. The minimum absolute atomic E-state index is 0.0805. The van der Waals surface area contributed by atoms with Gasteiger partial charge in [0.2, 0.25) is 0 Å². The molecule has 0 bridgehead atoms. The van der Waals surface area contributed by atoms with Crippen LogP contribution in [0.2, 0.25) is 0 Å². The number of hydrogen-bond donors (Lipinski definition) is 3. The van der Waals surface area contributed by atoms with Crippen molar-refractivity contribution in [3.63, 3.8) is 0 Å². The zero-order chi connectivity index (χ0) is 21.5. The molecule has 31 heavy (non-hydrogen) atoms. The Hall–Kier alpha value is -3.16. The first-order valence-electron chi connectivity index (χ1n) is 10.5. The van der Waals surface area contributed by atoms with E-state index in [1.54, 1.807) is 12.1 Å². The lowest BCUT2D eigenvalue weighted by atomic mass is 10.0. The highest BCUT2D eigenvalue weighted by Crippen LogP contribution is 2.23. The van der Waals surface area contributed by atoms with Crippen molar-refractivity contribution in [3.8, 4) is 0 Å². The Morgan fingerprint density at radius 2 is 1.55 bits per heavy atom. The van der Waals surface area contributed by atoms with Crippen LogP contribution in [-0.4, -0.2) is 36.0 Å². The van der Waals surface area contributed by atoms with Crippen LogP contribution in [-0.2, 0) is 6.54 Å². The Morgan fingerprint density at radius 1 is 0.871 bits per heavy atom. The van der Waals surface area contributed by atoms with E-state index in [4.69, 9.17) is 0 Å². The minimum atomic E-state index is -0.328. The van der Waals surface area contributed by atoms with Gasteiger partial charge in [-0.1, -0.05) is 48.5 Å². The predicted octanol–water partition coefficient (Wildman–Crippen LogP) is 4.79. The van der Waals surface area contributed by atoms with Crippen LogP contribution in [0.4, 0.5) is 15.5 Å². The molecule has 1 fully saturated rings. The number of nitrogens with one attached hydrogen (secondary N) is 3. The lowest BCUT2D eigenvalue weighted by molar-refractivity contribution is 0.0913. The molecule has 0 aliphatic carbocycles. The lowest BCUT2D eigenvalue weighted by Gasteiger charge is -2.32. The van der Waals surface area contributed by atoms with Gasteiger partial charge in [0.1, 0.15) is 0 Å². The van der Waals surface area contributed by atoms with Gasteiger partial charge in [-0.05, 0) is 42.7 Å². The van der Waals surface area contributed by atoms with Crippen LogP contribution in [0.1, 0.15) is 28.1 Å². The molecule has 3 amide bonds. The molecule has 6 nitrogen and oxygen atoms in total. The van der Waals surface area contributed by atoms with Crippen LogP contribution >= 0.6 is 11.3 Å². The SMILES string of the molecule is O=C(Nc1ccccc1)Nc1ccc(C(=O)NC2CCN(Cc3ccccc3)CC2)s1. The van der Waals surface area contributed by atoms with E-state index in [1.165, 1.54) is 16.9 Å². The van der Waals surface area contributed by atoms with E-state index in [9.17, 15) is 9.59 Å². The van der Waals surface area contributed by atoms with Crippen molar-refractivity contribution < 1.29 is 9.59 Å². The summed E-state index contributed by atoms with van der Waals surface area (Å²) in [4.78, 5) is 27.8. The number of benzene rings is 2. The molecule has 1 aromatic heterocycles. The van der Waals surface area contributed by atoms with Gasteiger partial charge in [-0.25, -0.2) is 4.79 Å². The average molecular weight is 435 g/mol. The Bertz CT molecular complexity index is 999. The topological polar surface area (TPSA) is 73.5 Å². The van der Waals surface area contributed by atoms with Gasteiger partial charge in [-0.2, -0.15) is 0 Å². The molecule has 0 saturated carbocycles. The molecule has 3 N–H and O–H groups in total. The standard InChI is InChI=1S/C24H26N4O2S/c29-23(25-20-13-15-28(16-14-20)17-18-7-3-1-4-8-18)21-11-12-22(31-21)27-24(30)26-19-9-5-2-6-10-19/h1-12,20H,13-17H2,(H,25,29)(H2,26,27,30). The van der Waals surface area contributed by atoms with E-state index in [-0.39, 0.29) is 18.0 Å². The summed E-state index contributed by atoms with van der Waals surface area (Å²) in [6.45, 7) is 2.89. The number of nitrogens with zero attached hydrogens (tertiary/aromatic N) is 1. The van der Waals surface area contributed by atoms with Crippen LogP contribution in [0.25, 0.3) is 0 Å². The summed E-state index contributed by atoms with van der Waals surface area (Å²) in [5, 5.41) is 9.33. The number of amides is 3. The monoisotopic (exact) mass is 434 g/mol. The van der Waals surface area contributed by atoms with E-state index in [1.807, 2.05) is 36.4 Å². The number of carbonyl (C=O) groups excluding carboxylic acids is 2. The smallest absolute Gasteiger partial charge is 0.324 e. The highest BCUT2D eigenvalue weighted by Gasteiger charge is 2.22. The Morgan fingerprint density at radius 3 is 2.26 bits per heavy atom. The van der Waals surface area contributed by atoms with Gasteiger partial charge in [-0.15, -0.1) is 11.3 Å². The molecule has 0 unspecified atom stereocenters. The predicted molar refractivity (Wildman–Crippen MR) is 126 cm³/mol. The molecule has 160 valence electrons. The number of para-hydroxylation sites is 1. The fourth-order valence-electron chi connectivity index (χ4n) is 3.66. The molecule has 0 spiro atoms. The van der Waals surface area contributed by atoms with Gasteiger partial charge in [-0.3, -0.25) is 15.0 Å². The van der Waals surface area contributed by atoms with E-state index in [0.29, 0.717) is 15.6 Å². The molecule has 3 aromatic rings. The van der Waals surface area contributed by atoms with Crippen molar-refractivity contribution in [2.45, 2.75) is 25.4 Å². The van der Waals surface area contributed by atoms with Crippen molar-refractivity contribution in [1.82, 2.24) is 10.2 Å². The van der Waals surface area contributed by atoms with Crippen LogP contribution in [0, 0.1) is 0 Å². The van der Waals surface area contributed by atoms with Crippen molar-refractivity contribution in [1.29, 1.82) is 0 Å². The first kappa shape index (κ1) is 21.1. The third-order valence-electron chi connectivity index (χ3n) is 5.27. The maximum Gasteiger partial charge on any atom is 0.324 e. The van der Waals surface area contributed by atoms with E-state index in [0.717, 1.165) is 32.5 Å². The first-order valence-corrected chi connectivity index (χ1v) is 11.3. The number of hydrogen-bond acceptors (Lipinski definition) is 4.